The van der Waals surface area contributed by atoms with Gasteiger partial charge in [0.1, 0.15) is 0 Å². The summed E-state index contributed by atoms with van der Waals surface area (Å²) in [5, 5.41) is 6.88. The number of nitrogens with one attached hydrogen (secondary N) is 1. The third-order valence-electron chi connectivity index (χ3n) is 3.35. The second-order valence-electron chi connectivity index (χ2n) is 5.00. The monoisotopic (exact) mass is 317 g/mol. The molecular weight excluding hydrogens is 298 g/mol. The van der Waals surface area contributed by atoms with Gasteiger partial charge >= 0.3 is 0 Å². The average molecular weight is 317 g/mol. The number of piperidine rings is 1. The number of rotatable bonds is 5. The summed E-state index contributed by atoms with van der Waals surface area (Å²) in [6.07, 6.45) is 2.23. The van der Waals surface area contributed by atoms with Gasteiger partial charge in [0.15, 0.2) is 0 Å². The Bertz CT molecular complexity index is 542. The highest BCUT2D eigenvalue weighted by Crippen LogP contribution is 2.18. The lowest BCUT2D eigenvalue weighted by atomic mass is 9.98. The molecule has 1 atom stereocenters. The largest absolute Gasteiger partial charge is 0.342 e. The zero-order chi connectivity index (χ0) is 14.6. The van der Waals surface area contributed by atoms with E-state index in [0.29, 0.717) is 19.5 Å². The summed E-state index contributed by atoms with van der Waals surface area (Å²) in [5.41, 5.74) is 0. The van der Waals surface area contributed by atoms with Crippen molar-refractivity contribution in [3.8, 4) is 0 Å². The van der Waals surface area contributed by atoms with Gasteiger partial charge < -0.3 is 4.90 Å². The molecule has 3 N–H and O–H groups in total. The minimum atomic E-state index is -3.65. The van der Waals surface area contributed by atoms with Crippen molar-refractivity contribution in [1.29, 1.82) is 0 Å². The van der Waals surface area contributed by atoms with Crippen LogP contribution in [-0.4, -0.2) is 38.9 Å². The molecule has 0 aromatic carbocycles. The number of thiophene rings is 1. The van der Waals surface area contributed by atoms with Crippen LogP contribution in [0.1, 0.15) is 17.7 Å². The molecule has 0 spiro atoms. The van der Waals surface area contributed by atoms with Gasteiger partial charge in [-0.15, -0.1) is 11.3 Å². The summed E-state index contributed by atoms with van der Waals surface area (Å²) < 4.78 is 24.1. The normalized spacial score (nSPS) is 20.1. The average Bonchev–Trinajstić information content (AvgIpc) is 2.89. The Hall–Kier alpha value is -0.960. The molecule has 8 heteroatoms. The zero-order valence-electron chi connectivity index (χ0n) is 11.1. The Labute approximate surface area is 123 Å². The Kier molecular flexibility index (Phi) is 5.14. The van der Waals surface area contributed by atoms with Crippen LogP contribution in [-0.2, 0) is 21.4 Å². The topological polar surface area (TPSA) is 92.5 Å². The van der Waals surface area contributed by atoms with Crippen molar-refractivity contribution in [2.75, 3.05) is 19.6 Å². The smallest absolute Gasteiger partial charge is 0.274 e. The molecule has 112 valence electrons. The third-order valence-corrected chi connectivity index (χ3v) is 4.80. The van der Waals surface area contributed by atoms with Crippen LogP contribution < -0.4 is 9.86 Å². The number of hydrogen-bond donors (Lipinski definition) is 2. The van der Waals surface area contributed by atoms with Crippen LogP contribution >= 0.6 is 11.3 Å². The molecule has 1 aliphatic heterocycles. The molecular formula is C12H19N3O3S2. The predicted molar refractivity (Wildman–Crippen MR) is 78.4 cm³/mol. The standard InChI is InChI=1S/C12H19N3O3S2/c13-20(17,18)14-8-10-3-1-5-15(9-10)12(16)7-11-4-2-6-19-11/h2,4,6,10,14H,1,3,5,7-9H2,(H2,13,17,18). The molecule has 2 rings (SSSR count). The Balaban J connectivity index is 1.85. The maximum Gasteiger partial charge on any atom is 0.274 e. The van der Waals surface area contributed by atoms with Crippen LogP contribution in [0.4, 0.5) is 0 Å². The number of nitrogens with two attached hydrogens (primary N) is 1. The molecule has 1 unspecified atom stereocenters. The number of carbonyl (C=O) groups is 1. The number of carbonyl (C=O) groups excluding carboxylic acids is 1. The molecule has 20 heavy (non-hydrogen) atoms. The second kappa shape index (κ2) is 6.66. The van der Waals surface area contributed by atoms with E-state index in [2.05, 4.69) is 4.72 Å². The predicted octanol–water partition coefficient (Wildman–Crippen LogP) is 0.322. The molecule has 1 fully saturated rings. The molecule has 0 radical (unpaired) electrons. The minimum Gasteiger partial charge on any atom is -0.342 e. The first-order valence-corrected chi connectivity index (χ1v) is 8.94. The number of hydrogen-bond acceptors (Lipinski definition) is 4. The summed E-state index contributed by atoms with van der Waals surface area (Å²) in [7, 11) is -3.65. The maximum absolute atomic E-state index is 12.2. The summed E-state index contributed by atoms with van der Waals surface area (Å²) in [4.78, 5) is 15.1. The zero-order valence-corrected chi connectivity index (χ0v) is 12.8. The van der Waals surface area contributed by atoms with Crippen molar-refractivity contribution < 1.29 is 13.2 Å². The molecule has 0 aliphatic carbocycles. The Morgan fingerprint density at radius 2 is 2.35 bits per heavy atom. The minimum absolute atomic E-state index is 0.104. The highest BCUT2D eigenvalue weighted by Gasteiger charge is 2.24. The molecule has 1 aliphatic rings. The lowest BCUT2D eigenvalue weighted by Gasteiger charge is -2.32. The van der Waals surface area contributed by atoms with Crippen molar-refractivity contribution in [3.63, 3.8) is 0 Å². The van der Waals surface area contributed by atoms with Gasteiger partial charge in [0.05, 0.1) is 6.42 Å². The fourth-order valence-corrected chi connectivity index (χ4v) is 3.53. The third kappa shape index (κ3) is 4.86. The van der Waals surface area contributed by atoms with E-state index in [1.807, 2.05) is 22.4 Å². The molecule has 2 heterocycles. The molecule has 1 amide bonds. The van der Waals surface area contributed by atoms with Gasteiger partial charge in [0, 0.05) is 24.5 Å². The second-order valence-corrected chi connectivity index (χ2v) is 7.41. The van der Waals surface area contributed by atoms with Crippen LogP contribution in [0.25, 0.3) is 0 Å². The van der Waals surface area contributed by atoms with E-state index in [4.69, 9.17) is 5.14 Å². The molecule has 1 aromatic heterocycles. The molecule has 0 saturated carbocycles. The summed E-state index contributed by atoms with van der Waals surface area (Å²) in [6, 6.07) is 3.88. The van der Waals surface area contributed by atoms with Crippen LogP contribution in [0.2, 0.25) is 0 Å². The van der Waals surface area contributed by atoms with E-state index in [-0.39, 0.29) is 11.8 Å². The first-order chi connectivity index (χ1) is 9.44. The fourth-order valence-electron chi connectivity index (χ4n) is 2.37. The van der Waals surface area contributed by atoms with E-state index in [9.17, 15) is 13.2 Å². The number of nitrogens with zero attached hydrogens (tertiary/aromatic N) is 1. The van der Waals surface area contributed by atoms with Gasteiger partial charge in [0.2, 0.25) is 5.91 Å². The van der Waals surface area contributed by atoms with Crippen LogP contribution in [0.3, 0.4) is 0 Å². The van der Waals surface area contributed by atoms with Crippen molar-refractivity contribution in [2.24, 2.45) is 11.1 Å². The molecule has 1 aromatic rings. The quantitative estimate of drug-likeness (QED) is 0.819. The summed E-state index contributed by atoms with van der Waals surface area (Å²) in [5.74, 6) is 0.238. The van der Waals surface area contributed by atoms with E-state index in [1.165, 1.54) is 0 Å². The number of amides is 1. The van der Waals surface area contributed by atoms with Crippen molar-refractivity contribution in [2.45, 2.75) is 19.3 Å². The summed E-state index contributed by atoms with van der Waals surface area (Å²) >= 11 is 1.57. The van der Waals surface area contributed by atoms with E-state index >= 15 is 0 Å². The maximum atomic E-state index is 12.2. The van der Waals surface area contributed by atoms with E-state index in [1.54, 1.807) is 11.3 Å². The van der Waals surface area contributed by atoms with Crippen molar-refractivity contribution in [1.82, 2.24) is 9.62 Å². The first-order valence-electron chi connectivity index (χ1n) is 6.51. The van der Waals surface area contributed by atoms with Crippen LogP contribution in [0.15, 0.2) is 17.5 Å². The Morgan fingerprint density at radius 3 is 3.00 bits per heavy atom. The lowest BCUT2D eigenvalue weighted by molar-refractivity contribution is -0.132. The van der Waals surface area contributed by atoms with Crippen molar-refractivity contribution in [3.05, 3.63) is 22.4 Å². The van der Waals surface area contributed by atoms with Gasteiger partial charge in [-0.3, -0.25) is 4.79 Å². The van der Waals surface area contributed by atoms with Crippen LogP contribution in [0.5, 0.6) is 0 Å². The lowest BCUT2D eigenvalue weighted by Crippen LogP contribution is -2.45. The highest BCUT2D eigenvalue weighted by molar-refractivity contribution is 7.87. The Morgan fingerprint density at radius 1 is 1.55 bits per heavy atom. The number of likely N-dealkylation sites (tertiary alicyclic amines) is 1. The van der Waals surface area contributed by atoms with Crippen molar-refractivity contribution >= 4 is 27.5 Å². The molecule has 1 saturated heterocycles. The fraction of sp³-hybridized carbons (Fsp3) is 0.583. The van der Waals surface area contributed by atoms with Gasteiger partial charge in [0.25, 0.3) is 10.2 Å². The SMILES string of the molecule is NS(=O)(=O)NCC1CCCN(C(=O)Cc2cccs2)C1. The van der Waals surface area contributed by atoms with Gasteiger partial charge in [-0.25, -0.2) is 9.86 Å². The highest BCUT2D eigenvalue weighted by atomic mass is 32.2. The molecule has 6 nitrogen and oxygen atoms in total. The molecule has 0 bridgehead atoms. The van der Waals surface area contributed by atoms with Gasteiger partial charge in [-0.05, 0) is 30.2 Å². The van der Waals surface area contributed by atoms with E-state index in [0.717, 1.165) is 24.3 Å². The van der Waals surface area contributed by atoms with Gasteiger partial charge in [-0.2, -0.15) is 8.42 Å². The summed E-state index contributed by atoms with van der Waals surface area (Å²) in [6.45, 7) is 1.63. The first kappa shape index (κ1) is 15.4. The van der Waals surface area contributed by atoms with E-state index < -0.39 is 10.2 Å². The van der Waals surface area contributed by atoms with Gasteiger partial charge in [-0.1, -0.05) is 6.07 Å². The van der Waals surface area contributed by atoms with Crippen LogP contribution in [0, 0.1) is 5.92 Å².